The minimum absolute atomic E-state index is 0.598. The number of nitrogens with zero attached hydrogens (tertiary/aromatic N) is 2. The summed E-state index contributed by atoms with van der Waals surface area (Å²) in [6.45, 7) is 4.91. The highest BCUT2D eigenvalue weighted by atomic mass is 16.5. The van der Waals surface area contributed by atoms with Crippen molar-refractivity contribution in [1.82, 2.24) is 10.2 Å². The lowest BCUT2D eigenvalue weighted by molar-refractivity contribution is 0.281. The average molecular weight is 386 g/mol. The van der Waals surface area contributed by atoms with Crippen molar-refractivity contribution >= 4 is 5.96 Å². The zero-order chi connectivity index (χ0) is 20.2. The van der Waals surface area contributed by atoms with Crippen LogP contribution in [-0.2, 0) is 6.42 Å². The lowest BCUT2D eigenvalue weighted by Crippen LogP contribution is -2.41. The van der Waals surface area contributed by atoms with Gasteiger partial charge in [0.15, 0.2) is 17.5 Å². The summed E-state index contributed by atoms with van der Waals surface area (Å²) in [5.41, 5.74) is 1.16. The molecule has 0 aliphatic carbocycles. The molecule has 28 heavy (non-hydrogen) atoms. The highest BCUT2D eigenvalue weighted by Gasteiger charge is 2.07. The highest BCUT2D eigenvalue weighted by Crippen LogP contribution is 2.27. The Kier molecular flexibility index (Phi) is 8.98. The number of para-hydroxylation sites is 1. The third-order valence-electron chi connectivity index (χ3n) is 4.25. The van der Waals surface area contributed by atoms with Crippen molar-refractivity contribution < 1.29 is 14.2 Å². The Morgan fingerprint density at radius 1 is 1.04 bits per heavy atom. The van der Waals surface area contributed by atoms with E-state index in [9.17, 15) is 0 Å². The minimum atomic E-state index is 0.598. The molecule has 0 unspecified atom stereocenters. The zero-order valence-electron chi connectivity index (χ0n) is 17.3. The molecule has 0 aromatic heterocycles. The molecule has 0 amide bonds. The quantitative estimate of drug-likeness (QED) is 0.503. The summed E-state index contributed by atoms with van der Waals surface area (Å²) < 4.78 is 16.4. The second kappa shape index (κ2) is 11.7. The molecule has 6 nitrogen and oxygen atoms in total. The summed E-state index contributed by atoms with van der Waals surface area (Å²) in [6, 6.07) is 15.8. The van der Waals surface area contributed by atoms with Crippen LogP contribution in [0.15, 0.2) is 53.5 Å². The molecule has 1 N–H and O–H groups in total. The lowest BCUT2D eigenvalue weighted by atomic mass is 10.1. The van der Waals surface area contributed by atoms with Gasteiger partial charge in [0.1, 0.15) is 12.4 Å². The summed E-state index contributed by atoms with van der Waals surface area (Å²) >= 11 is 0. The monoisotopic (exact) mass is 385 g/mol. The fraction of sp³-hybridized carbons (Fsp3) is 0.409. The van der Waals surface area contributed by atoms with E-state index in [0.29, 0.717) is 13.2 Å². The summed E-state index contributed by atoms with van der Waals surface area (Å²) in [6.07, 6.45) is 0.823. The van der Waals surface area contributed by atoms with Gasteiger partial charge in [-0.05, 0) is 43.2 Å². The van der Waals surface area contributed by atoms with E-state index in [0.717, 1.165) is 48.3 Å². The number of hydrogen-bond acceptors (Lipinski definition) is 4. The number of rotatable bonds is 10. The molecule has 2 aromatic carbocycles. The van der Waals surface area contributed by atoms with Crippen LogP contribution in [0.25, 0.3) is 0 Å². The summed E-state index contributed by atoms with van der Waals surface area (Å²) in [7, 11) is 5.31. The Bertz CT molecular complexity index is 735. The van der Waals surface area contributed by atoms with Gasteiger partial charge in [-0.2, -0.15) is 0 Å². The number of hydrogen-bond donors (Lipinski definition) is 1. The molecule has 0 radical (unpaired) electrons. The fourth-order valence-electron chi connectivity index (χ4n) is 2.72. The van der Waals surface area contributed by atoms with E-state index in [-0.39, 0.29) is 0 Å². The van der Waals surface area contributed by atoms with Gasteiger partial charge in [-0.25, -0.2) is 0 Å². The molecule has 0 spiro atoms. The van der Waals surface area contributed by atoms with Gasteiger partial charge in [-0.3, -0.25) is 4.99 Å². The van der Waals surface area contributed by atoms with Gasteiger partial charge in [0.05, 0.1) is 20.8 Å². The van der Waals surface area contributed by atoms with Crippen molar-refractivity contribution in [3.8, 4) is 17.2 Å². The molecular weight excluding hydrogens is 354 g/mol. The number of ether oxygens (including phenoxy) is 3. The molecule has 0 fully saturated rings. The van der Waals surface area contributed by atoms with E-state index in [1.54, 1.807) is 14.2 Å². The van der Waals surface area contributed by atoms with Crippen molar-refractivity contribution in [1.29, 1.82) is 0 Å². The third-order valence-corrected chi connectivity index (χ3v) is 4.25. The molecule has 0 aliphatic rings. The van der Waals surface area contributed by atoms with Crippen molar-refractivity contribution in [2.24, 2.45) is 4.99 Å². The van der Waals surface area contributed by atoms with E-state index in [1.807, 2.05) is 55.6 Å². The van der Waals surface area contributed by atoms with Crippen molar-refractivity contribution in [2.75, 3.05) is 47.5 Å². The standard InChI is InChI=1S/C22H31N3O3/c1-5-23-22(25(2)15-16-28-19-9-7-6-8-10-19)24-14-13-18-11-12-20(26-3)21(17-18)27-4/h6-12,17H,5,13-16H2,1-4H3,(H,23,24). The van der Waals surface area contributed by atoms with Crippen LogP contribution in [0, 0.1) is 0 Å². The molecule has 0 saturated carbocycles. The van der Waals surface area contributed by atoms with Gasteiger partial charge < -0.3 is 24.4 Å². The van der Waals surface area contributed by atoms with Crippen LogP contribution >= 0.6 is 0 Å². The normalized spacial score (nSPS) is 11.1. The van der Waals surface area contributed by atoms with E-state index in [2.05, 4.69) is 17.1 Å². The fourth-order valence-corrected chi connectivity index (χ4v) is 2.72. The molecular formula is C22H31N3O3. The van der Waals surface area contributed by atoms with Crippen LogP contribution in [0.3, 0.4) is 0 Å². The molecule has 152 valence electrons. The molecule has 0 bridgehead atoms. The van der Waals surface area contributed by atoms with Gasteiger partial charge in [-0.15, -0.1) is 0 Å². The maximum Gasteiger partial charge on any atom is 0.193 e. The van der Waals surface area contributed by atoms with Gasteiger partial charge in [-0.1, -0.05) is 24.3 Å². The number of aliphatic imine (C=N–C) groups is 1. The van der Waals surface area contributed by atoms with Crippen LogP contribution in [0.1, 0.15) is 12.5 Å². The van der Waals surface area contributed by atoms with E-state index >= 15 is 0 Å². The number of methoxy groups -OCH3 is 2. The maximum atomic E-state index is 5.78. The smallest absolute Gasteiger partial charge is 0.193 e. The average Bonchev–Trinajstić information content (AvgIpc) is 2.73. The maximum absolute atomic E-state index is 5.78. The second-order valence-corrected chi connectivity index (χ2v) is 6.26. The number of guanidine groups is 1. The van der Waals surface area contributed by atoms with Crippen molar-refractivity contribution in [3.63, 3.8) is 0 Å². The number of benzene rings is 2. The van der Waals surface area contributed by atoms with Crippen LogP contribution in [0.5, 0.6) is 17.2 Å². The SMILES string of the molecule is CCNC(=NCCc1ccc(OC)c(OC)c1)N(C)CCOc1ccccc1. The van der Waals surface area contributed by atoms with Gasteiger partial charge >= 0.3 is 0 Å². The number of nitrogens with one attached hydrogen (secondary N) is 1. The first-order valence-corrected chi connectivity index (χ1v) is 9.56. The Hall–Kier alpha value is -2.89. The molecule has 0 heterocycles. The van der Waals surface area contributed by atoms with Crippen LogP contribution in [-0.4, -0.2) is 58.4 Å². The highest BCUT2D eigenvalue weighted by molar-refractivity contribution is 5.79. The minimum Gasteiger partial charge on any atom is -0.493 e. The zero-order valence-corrected chi connectivity index (χ0v) is 17.3. The second-order valence-electron chi connectivity index (χ2n) is 6.26. The third kappa shape index (κ3) is 6.68. The van der Waals surface area contributed by atoms with E-state index in [4.69, 9.17) is 19.2 Å². The van der Waals surface area contributed by atoms with E-state index < -0.39 is 0 Å². The molecule has 2 aromatic rings. The van der Waals surface area contributed by atoms with Crippen LogP contribution < -0.4 is 19.5 Å². The molecule has 0 aliphatic heterocycles. The Morgan fingerprint density at radius 3 is 2.46 bits per heavy atom. The number of likely N-dealkylation sites (N-methyl/N-ethyl adjacent to an activating group) is 1. The summed E-state index contributed by atoms with van der Waals surface area (Å²) in [4.78, 5) is 6.82. The van der Waals surface area contributed by atoms with E-state index in [1.165, 1.54) is 0 Å². The molecule has 6 heteroatoms. The Balaban J connectivity index is 1.88. The largest absolute Gasteiger partial charge is 0.493 e. The first-order valence-electron chi connectivity index (χ1n) is 9.56. The Morgan fingerprint density at radius 2 is 1.79 bits per heavy atom. The van der Waals surface area contributed by atoms with Crippen molar-refractivity contribution in [2.45, 2.75) is 13.3 Å². The Labute approximate surface area is 168 Å². The van der Waals surface area contributed by atoms with Gasteiger partial charge in [0.25, 0.3) is 0 Å². The summed E-state index contributed by atoms with van der Waals surface area (Å²) in [5, 5.41) is 3.33. The van der Waals surface area contributed by atoms with Gasteiger partial charge in [0.2, 0.25) is 0 Å². The lowest BCUT2D eigenvalue weighted by Gasteiger charge is -2.22. The first-order chi connectivity index (χ1) is 13.7. The topological polar surface area (TPSA) is 55.3 Å². The molecule has 2 rings (SSSR count). The van der Waals surface area contributed by atoms with Crippen LogP contribution in [0.2, 0.25) is 0 Å². The van der Waals surface area contributed by atoms with Gasteiger partial charge in [0, 0.05) is 20.1 Å². The summed E-state index contributed by atoms with van der Waals surface area (Å²) in [5.74, 6) is 3.23. The molecule has 0 atom stereocenters. The predicted molar refractivity (Wildman–Crippen MR) is 114 cm³/mol. The predicted octanol–water partition coefficient (Wildman–Crippen LogP) is 3.22. The first kappa shape index (κ1) is 21.4. The van der Waals surface area contributed by atoms with Crippen LogP contribution in [0.4, 0.5) is 0 Å². The molecule has 0 saturated heterocycles. The van der Waals surface area contributed by atoms with Crippen molar-refractivity contribution in [3.05, 3.63) is 54.1 Å².